The van der Waals surface area contributed by atoms with Gasteiger partial charge in [0, 0.05) is 63.8 Å². The van der Waals surface area contributed by atoms with E-state index in [1.54, 1.807) is 11.3 Å². The first kappa shape index (κ1) is 16.7. The molecule has 1 N–H and O–H groups in total. The van der Waals surface area contributed by atoms with Crippen molar-refractivity contribution < 1.29 is 9.53 Å². The van der Waals surface area contributed by atoms with Gasteiger partial charge in [-0.3, -0.25) is 9.80 Å². The SMILES string of the molecule is O=C(NCCN1CCOCC1)N1CCN(Cc2cccs2)CC1. The lowest BCUT2D eigenvalue weighted by Gasteiger charge is -2.34. The highest BCUT2D eigenvalue weighted by molar-refractivity contribution is 7.09. The average Bonchev–Trinajstić information content (AvgIpc) is 3.09. The van der Waals surface area contributed by atoms with Crippen LogP contribution in [0.4, 0.5) is 4.79 Å². The van der Waals surface area contributed by atoms with Gasteiger partial charge in [-0.1, -0.05) is 6.07 Å². The molecular weight excluding hydrogens is 312 g/mol. The molecule has 0 saturated carbocycles. The smallest absolute Gasteiger partial charge is 0.317 e. The van der Waals surface area contributed by atoms with Crippen molar-refractivity contribution in [1.82, 2.24) is 20.0 Å². The van der Waals surface area contributed by atoms with Crippen LogP contribution in [-0.2, 0) is 11.3 Å². The molecule has 7 heteroatoms. The Balaban J connectivity index is 1.31. The second-order valence-electron chi connectivity index (χ2n) is 6.03. The van der Waals surface area contributed by atoms with E-state index in [1.165, 1.54) is 4.88 Å². The Kier molecular flexibility index (Phi) is 6.27. The van der Waals surface area contributed by atoms with Crippen LogP contribution in [0, 0.1) is 0 Å². The molecule has 6 nitrogen and oxygen atoms in total. The lowest BCUT2D eigenvalue weighted by atomic mass is 10.3. The summed E-state index contributed by atoms with van der Waals surface area (Å²) < 4.78 is 5.33. The van der Waals surface area contributed by atoms with Gasteiger partial charge in [-0.2, -0.15) is 0 Å². The number of nitrogens with zero attached hydrogens (tertiary/aromatic N) is 3. The normalized spacial score (nSPS) is 20.6. The highest BCUT2D eigenvalue weighted by atomic mass is 32.1. The number of piperazine rings is 1. The quantitative estimate of drug-likeness (QED) is 0.867. The Morgan fingerprint density at radius 1 is 1.13 bits per heavy atom. The third kappa shape index (κ3) is 5.17. The number of nitrogens with one attached hydrogen (secondary N) is 1. The molecule has 0 spiro atoms. The third-order valence-electron chi connectivity index (χ3n) is 4.43. The van der Waals surface area contributed by atoms with Crippen LogP contribution in [0.5, 0.6) is 0 Å². The van der Waals surface area contributed by atoms with Gasteiger partial charge < -0.3 is 15.0 Å². The van der Waals surface area contributed by atoms with Crippen LogP contribution < -0.4 is 5.32 Å². The number of morpholine rings is 1. The number of thiophene rings is 1. The van der Waals surface area contributed by atoms with Crippen LogP contribution in [0.15, 0.2) is 17.5 Å². The van der Waals surface area contributed by atoms with Crippen LogP contribution in [0.2, 0.25) is 0 Å². The zero-order chi connectivity index (χ0) is 15.9. The van der Waals surface area contributed by atoms with E-state index in [1.807, 2.05) is 4.90 Å². The van der Waals surface area contributed by atoms with Gasteiger partial charge >= 0.3 is 6.03 Å². The van der Waals surface area contributed by atoms with E-state index in [0.29, 0.717) is 6.54 Å². The molecule has 2 amide bonds. The number of carbonyl (C=O) groups is 1. The molecule has 0 atom stereocenters. The first-order valence-corrected chi connectivity index (χ1v) is 9.27. The van der Waals surface area contributed by atoms with E-state index in [-0.39, 0.29) is 6.03 Å². The van der Waals surface area contributed by atoms with E-state index >= 15 is 0 Å². The van der Waals surface area contributed by atoms with Gasteiger partial charge in [-0.05, 0) is 11.4 Å². The van der Waals surface area contributed by atoms with E-state index in [0.717, 1.165) is 65.6 Å². The average molecular weight is 338 g/mol. The predicted octanol–water partition coefficient (Wildman–Crippen LogP) is 0.908. The van der Waals surface area contributed by atoms with Crippen LogP contribution >= 0.6 is 11.3 Å². The number of ether oxygens (including phenoxy) is 1. The lowest BCUT2D eigenvalue weighted by Crippen LogP contribution is -2.52. The Labute approximate surface area is 142 Å². The minimum absolute atomic E-state index is 0.0778. The van der Waals surface area contributed by atoms with Gasteiger partial charge in [0.2, 0.25) is 0 Å². The summed E-state index contributed by atoms with van der Waals surface area (Å²) >= 11 is 1.80. The highest BCUT2D eigenvalue weighted by Gasteiger charge is 2.21. The molecule has 0 radical (unpaired) electrons. The van der Waals surface area contributed by atoms with Crippen molar-refractivity contribution in [2.24, 2.45) is 0 Å². The van der Waals surface area contributed by atoms with Gasteiger partial charge in [0.15, 0.2) is 0 Å². The van der Waals surface area contributed by atoms with Gasteiger partial charge in [-0.15, -0.1) is 11.3 Å². The second-order valence-corrected chi connectivity index (χ2v) is 7.06. The van der Waals surface area contributed by atoms with Crippen LogP contribution in [-0.4, -0.2) is 86.3 Å². The minimum Gasteiger partial charge on any atom is -0.379 e. The Bertz CT molecular complexity index is 468. The standard InChI is InChI=1S/C16H26N4O2S/c21-16(17-3-4-18-9-11-22-12-10-18)20-7-5-19(6-8-20)14-15-2-1-13-23-15/h1-2,13H,3-12,14H2,(H,17,21). The molecule has 0 aliphatic carbocycles. The topological polar surface area (TPSA) is 48.1 Å². The number of hydrogen-bond donors (Lipinski definition) is 1. The van der Waals surface area contributed by atoms with E-state index in [2.05, 4.69) is 32.6 Å². The lowest BCUT2D eigenvalue weighted by molar-refractivity contribution is 0.0385. The molecule has 0 aromatic carbocycles. The number of rotatable bonds is 5. The number of hydrogen-bond acceptors (Lipinski definition) is 5. The monoisotopic (exact) mass is 338 g/mol. The summed E-state index contributed by atoms with van der Waals surface area (Å²) in [6.45, 7) is 9.72. The molecule has 3 rings (SSSR count). The maximum atomic E-state index is 12.2. The highest BCUT2D eigenvalue weighted by Crippen LogP contribution is 2.13. The van der Waals surface area contributed by atoms with E-state index in [9.17, 15) is 4.79 Å². The first-order valence-electron chi connectivity index (χ1n) is 8.39. The molecular formula is C16H26N4O2S. The molecule has 2 aliphatic heterocycles. The molecule has 2 fully saturated rings. The molecule has 0 unspecified atom stereocenters. The predicted molar refractivity (Wildman–Crippen MR) is 91.8 cm³/mol. The second kappa shape index (κ2) is 8.63. The molecule has 3 heterocycles. The zero-order valence-electron chi connectivity index (χ0n) is 13.6. The largest absolute Gasteiger partial charge is 0.379 e. The maximum absolute atomic E-state index is 12.2. The molecule has 128 valence electrons. The van der Waals surface area contributed by atoms with Gasteiger partial charge in [0.05, 0.1) is 13.2 Å². The van der Waals surface area contributed by atoms with Crippen molar-refractivity contribution in [2.45, 2.75) is 6.54 Å². The fraction of sp³-hybridized carbons (Fsp3) is 0.688. The van der Waals surface area contributed by atoms with Gasteiger partial charge in [-0.25, -0.2) is 4.79 Å². The minimum atomic E-state index is 0.0778. The van der Waals surface area contributed by atoms with E-state index < -0.39 is 0 Å². The van der Waals surface area contributed by atoms with Crippen molar-refractivity contribution in [3.05, 3.63) is 22.4 Å². The van der Waals surface area contributed by atoms with Gasteiger partial charge in [0.1, 0.15) is 0 Å². The molecule has 0 bridgehead atoms. The molecule has 23 heavy (non-hydrogen) atoms. The summed E-state index contributed by atoms with van der Waals surface area (Å²) in [5.74, 6) is 0. The Morgan fingerprint density at radius 2 is 1.91 bits per heavy atom. The summed E-state index contributed by atoms with van der Waals surface area (Å²) in [7, 11) is 0. The molecule has 2 aliphatic rings. The van der Waals surface area contributed by atoms with Gasteiger partial charge in [0.25, 0.3) is 0 Å². The Hall–Kier alpha value is -1.15. The van der Waals surface area contributed by atoms with Crippen LogP contribution in [0.25, 0.3) is 0 Å². The van der Waals surface area contributed by atoms with Crippen LogP contribution in [0.3, 0.4) is 0 Å². The third-order valence-corrected chi connectivity index (χ3v) is 5.29. The van der Waals surface area contributed by atoms with E-state index in [4.69, 9.17) is 4.74 Å². The van der Waals surface area contributed by atoms with Crippen LogP contribution in [0.1, 0.15) is 4.88 Å². The fourth-order valence-corrected chi connectivity index (χ4v) is 3.74. The number of urea groups is 1. The molecule has 2 saturated heterocycles. The van der Waals surface area contributed by atoms with Crippen molar-refractivity contribution in [2.75, 3.05) is 65.6 Å². The maximum Gasteiger partial charge on any atom is 0.317 e. The molecule has 1 aromatic rings. The summed E-state index contributed by atoms with van der Waals surface area (Å²) in [5, 5.41) is 5.17. The number of amides is 2. The first-order chi connectivity index (χ1) is 11.3. The van der Waals surface area contributed by atoms with Crippen molar-refractivity contribution >= 4 is 17.4 Å². The molecule has 1 aromatic heterocycles. The van der Waals surface area contributed by atoms with Crippen molar-refractivity contribution in [1.29, 1.82) is 0 Å². The Morgan fingerprint density at radius 3 is 2.61 bits per heavy atom. The zero-order valence-corrected chi connectivity index (χ0v) is 14.4. The number of carbonyl (C=O) groups excluding carboxylic acids is 1. The fourth-order valence-electron chi connectivity index (χ4n) is 2.99. The van der Waals surface area contributed by atoms with Crippen molar-refractivity contribution in [3.8, 4) is 0 Å². The summed E-state index contributed by atoms with van der Waals surface area (Å²) in [5.41, 5.74) is 0. The summed E-state index contributed by atoms with van der Waals surface area (Å²) in [6, 6.07) is 4.35. The summed E-state index contributed by atoms with van der Waals surface area (Å²) in [4.78, 5) is 20.3. The van der Waals surface area contributed by atoms with Crippen molar-refractivity contribution in [3.63, 3.8) is 0 Å². The summed E-state index contributed by atoms with van der Waals surface area (Å²) in [6.07, 6.45) is 0.